The summed E-state index contributed by atoms with van der Waals surface area (Å²) < 4.78 is 0. The smallest absolute Gasteiger partial charge is 0.111 e. The van der Waals surface area contributed by atoms with Crippen molar-refractivity contribution in [1.29, 1.82) is 0 Å². The van der Waals surface area contributed by atoms with Gasteiger partial charge in [0.05, 0.1) is 21.4 Å². The quantitative estimate of drug-likeness (QED) is 0.469. The summed E-state index contributed by atoms with van der Waals surface area (Å²) in [5.74, 6) is 0.848. The number of nitrogens with zero attached hydrogens (tertiary/aromatic N) is 2. The number of nitrogens with one attached hydrogen (secondary N) is 1. The molecule has 0 unspecified atom stereocenters. The summed E-state index contributed by atoms with van der Waals surface area (Å²) in [6.07, 6.45) is 4.23. The molecule has 4 aromatic rings. The Bertz CT molecular complexity index is 1010. The van der Waals surface area contributed by atoms with Gasteiger partial charge in [-0.15, -0.1) is 0 Å². The molecule has 0 bridgehead atoms. The second-order valence-electron chi connectivity index (χ2n) is 5.90. The highest BCUT2D eigenvalue weighted by Gasteiger charge is 2.18. The molecule has 128 valence electrons. The number of pyridine rings is 1. The first kappa shape index (κ1) is 16.8. The summed E-state index contributed by atoms with van der Waals surface area (Å²) in [4.78, 5) is 12.3. The van der Waals surface area contributed by atoms with Crippen LogP contribution < -0.4 is 0 Å². The van der Waals surface area contributed by atoms with Crippen LogP contribution in [0.5, 0.6) is 0 Å². The lowest BCUT2D eigenvalue weighted by atomic mass is 10.1. The van der Waals surface area contributed by atoms with Gasteiger partial charge in [-0.2, -0.15) is 0 Å². The standard InChI is InChI=1S/C21H15Cl2N3/c22-16-7-4-8-17(23)19(16)21-20(15-5-2-1-3-6-15)25-18(26-21)13-14-9-11-24-12-10-14/h1-12H,13H2,(H,25,26). The molecule has 0 radical (unpaired) electrons. The first-order chi connectivity index (χ1) is 12.7. The predicted octanol–water partition coefficient (Wildman–Crippen LogP) is 6.04. The molecule has 2 heterocycles. The van der Waals surface area contributed by atoms with Crippen molar-refractivity contribution >= 4 is 23.2 Å². The van der Waals surface area contributed by atoms with Gasteiger partial charge in [-0.05, 0) is 29.8 Å². The van der Waals surface area contributed by atoms with Gasteiger partial charge in [0.2, 0.25) is 0 Å². The van der Waals surface area contributed by atoms with Crippen LogP contribution in [0.4, 0.5) is 0 Å². The molecule has 0 atom stereocenters. The Morgan fingerprint density at radius 2 is 1.50 bits per heavy atom. The fourth-order valence-corrected chi connectivity index (χ4v) is 3.51. The third kappa shape index (κ3) is 3.36. The van der Waals surface area contributed by atoms with Crippen LogP contribution >= 0.6 is 23.2 Å². The Morgan fingerprint density at radius 3 is 2.19 bits per heavy atom. The number of hydrogen-bond acceptors (Lipinski definition) is 2. The monoisotopic (exact) mass is 379 g/mol. The molecule has 26 heavy (non-hydrogen) atoms. The Labute approximate surface area is 161 Å². The summed E-state index contributed by atoms with van der Waals surface area (Å²) >= 11 is 12.9. The molecule has 2 aromatic carbocycles. The minimum Gasteiger partial charge on any atom is -0.341 e. The van der Waals surface area contributed by atoms with Crippen molar-refractivity contribution in [3.8, 4) is 22.5 Å². The second-order valence-corrected chi connectivity index (χ2v) is 6.72. The van der Waals surface area contributed by atoms with Crippen molar-refractivity contribution < 1.29 is 0 Å². The van der Waals surface area contributed by atoms with E-state index in [0.717, 1.165) is 33.9 Å². The van der Waals surface area contributed by atoms with Crippen molar-refractivity contribution in [1.82, 2.24) is 15.0 Å². The summed E-state index contributed by atoms with van der Waals surface area (Å²) in [6.45, 7) is 0. The summed E-state index contributed by atoms with van der Waals surface area (Å²) in [6, 6.07) is 19.5. The summed E-state index contributed by atoms with van der Waals surface area (Å²) in [5, 5.41) is 1.18. The van der Waals surface area contributed by atoms with Crippen LogP contribution in [0.3, 0.4) is 0 Å². The topological polar surface area (TPSA) is 41.6 Å². The highest BCUT2D eigenvalue weighted by Crippen LogP contribution is 2.39. The van der Waals surface area contributed by atoms with Crippen LogP contribution in [0.25, 0.3) is 22.5 Å². The number of imidazole rings is 1. The molecule has 4 rings (SSSR count). The summed E-state index contributed by atoms with van der Waals surface area (Å²) in [5.41, 5.74) is 4.57. The van der Waals surface area contributed by atoms with E-state index in [1.54, 1.807) is 12.4 Å². The van der Waals surface area contributed by atoms with E-state index in [9.17, 15) is 0 Å². The van der Waals surface area contributed by atoms with Crippen LogP contribution in [-0.2, 0) is 6.42 Å². The van der Waals surface area contributed by atoms with Crippen molar-refractivity contribution in [2.24, 2.45) is 0 Å². The Hall–Kier alpha value is -2.62. The minimum absolute atomic E-state index is 0.591. The predicted molar refractivity (Wildman–Crippen MR) is 107 cm³/mol. The summed E-state index contributed by atoms with van der Waals surface area (Å²) in [7, 11) is 0. The molecule has 0 aliphatic heterocycles. The Balaban J connectivity index is 1.86. The first-order valence-corrected chi connectivity index (χ1v) is 8.95. The number of rotatable bonds is 4. The Kier molecular flexibility index (Phi) is 4.74. The maximum absolute atomic E-state index is 6.45. The zero-order valence-electron chi connectivity index (χ0n) is 13.8. The molecule has 0 fully saturated rings. The SMILES string of the molecule is Clc1cccc(Cl)c1-c1[nH]c(Cc2ccncc2)nc1-c1ccccc1. The lowest BCUT2D eigenvalue weighted by Gasteiger charge is -2.07. The molecule has 0 saturated heterocycles. The van der Waals surface area contributed by atoms with Gasteiger partial charge >= 0.3 is 0 Å². The van der Waals surface area contributed by atoms with Gasteiger partial charge < -0.3 is 4.98 Å². The van der Waals surface area contributed by atoms with Crippen molar-refractivity contribution in [3.05, 3.63) is 94.5 Å². The lowest BCUT2D eigenvalue weighted by molar-refractivity contribution is 1.02. The first-order valence-electron chi connectivity index (χ1n) is 8.20. The van der Waals surface area contributed by atoms with E-state index in [1.807, 2.05) is 60.7 Å². The van der Waals surface area contributed by atoms with E-state index < -0.39 is 0 Å². The molecule has 1 N–H and O–H groups in total. The number of benzene rings is 2. The Morgan fingerprint density at radius 1 is 0.808 bits per heavy atom. The number of hydrogen-bond donors (Lipinski definition) is 1. The van der Waals surface area contributed by atoms with E-state index in [4.69, 9.17) is 28.2 Å². The molecule has 2 aromatic heterocycles. The molecule has 0 spiro atoms. The third-order valence-corrected chi connectivity index (χ3v) is 4.76. The molecule has 0 aliphatic carbocycles. The van der Waals surface area contributed by atoms with Crippen molar-refractivity contribution in [2.75, 3.05) is 0 Å². The highest BCUT2D eigenvalue weighted by molar-refractivity contribution is 6.39. The largest absolute Gasteiger partial charge is 0.341 e. The fraction of sp³-hybridized carbons (Fsp3) is 0.0476. The molecule has 5 heteroatoms. The maximum Gasteiger partial charge on any atom is 0.111 e. The van der Waals surface area contributed by atoms with Crippen LogP contribution in [0.15, 0.2) is 73.1 Å². The second kappa shape index (κ2) is 7.32. The van der Waals surface area contributed by atoms with Crippen LogP contribution in [-0.4, -0.2) is 15.0 Å². The van der Waals surface area contributed by atoms with Gasteiger partial charge in [-0.1, -0.05) is 59.6 Å². The van der Waals surface area contributed by atoms with Gasteiger partial charge in [0.25, 0.3) is 0 Å². The van der Waals surface area contributed by atoms with Gasteiger partial charge in [0.15, 0.2) is 0 Å². The number of H-pyrrole nitrogens is 1. The molecule has 0 aliphatic rings. The average molecular weight is 380 g/mol. The van der Waals surface area contributed by atoms with E-state index in [2.05, 4.69) is 9.97 Å². The normalized spacial score (nSPS) is 10.8. The minimum atomic E-state index is 0.591. The lowest BCUT2D eigenvalue weighted by Crippen LogP contribution is -1.91. The number of aromatic amines is 1. The fourth-order valence-electron chi connectivity index (χ4n) is 2.92. The van der Waals surface area contributed by atoms with Crippen molar-refractivity contribution in [2.45, 2.75) is 6.42 Å². The van der Waals surface area contributed by atoms with E-state index in [1.165, 1.54) is 0 Å². The zero-order valence-corrected chi connectivity index (χ0v) is 15.3. The molecule has 0 amide bonds. The number of halogens is 2. The molecule has 0 saturated carbocycles. The molecular weight excluding hydrogens is 365 g/mol. The zero-order chi connectivity index (χ0) is 17.9. The number of aromatic nitrogens is 3. The van der Waals surface area contributed by atoms with E-state index >= 15 is 0 Å². The van der Waals surface area contributed by atoms with E-state index in [0.29, 0.717) is 16.5 Å². The van der Waals surface area contributed by atoms with Gasteiger partial charge in [0, 0.05) is 29.9 Å². The highest BCUT2D eigenvalue weighted by atomic mass is 35.5. The van der Waals surface area contributed by atoms with Gasteiger partial charge in [0.1, 0.15) is 5.82 Å². The average Bonchev–Trinajstić information content (AvgIpc) is 3.06. The van der Waals surface area contributed by atoms with Crippen LogP contribution in [0.1, 0.15) is 11.4 Å². The van der Waals surface area contributed by atoms with Crippen molar-refractivity contribution in [3.63, 3.8) is 0 Å². The van der Waals surface area contributed by atoms with Gasteiger partial charge in [-0.3, -0.25) is 4.98 Å². The van der Waals surface area contributed by atoms with Crippen LogP contribution in [0, 0.1) is 0 Å². The van der Waals surface area contributed by atoms with Gasteiger partial charge in [-0.25, -0.2) is 4.98 Å². The molecular formula is C21H15Cl2N3. The van der Waals surface area contributed by atoms with E-state index in [-0.39, 0.29) is 0 Å². The third-order valence-electron chi connectivity index (χ3n) is 4.13. The van der Waals surface area contributed by atoms with Crippen LogP contribution in [0.2, 0.25) is 10.0 Å². The molecule has 3 nitrogen and oxygen atoms in total. The maximum atomic E-state index is 6.45.